The summed E-state index contributed by atoms with van der Waals surface area (Å²) in [6, 6.07) is 7.06. The molecule has 142 valence electrons. The number of benzene rings is 1. The summed E-state index contributed by atoms with van der Waals surface area (Å²) in [5, 5.41) is 3.10. The lowest BCUT2D eigenvalue weighted by molar-refractivity contribution is -0.880. The Morgan fingerprint density at radius 1 is 1.15 bits per heavy atom. The second-order valence-electron chi connectivity index (χ2n) is 6.57. The Kier molecular flexibility index (Phi) is 5.96. The average molecular weight is 396 g/mol. The Hall–Kier alpha value is -1.48. The molecule has 2 aromatic rings. The van der Waals surface area contributed by atoms with Gasteiger partial charge in [-0.1, -0.05) is 26.0 Å². The number of anilines is 1. The lowest BCUT2D eigenvalue weighted by atomic mass is 10.2. The van der Waals surface area contributed by atoms with E-state index >= 15 is 0 Å². The topological polar surface area (TPSA) is 58.0 Å². The highest BCUT2D eigenvalue weighted by Crippen LogP contribution is 2.28. The SMILES string of the molecule is CCN(CC)S(=O)(=O)c1ccc(-c2csc(N3CC[NH+](C)CC3)n2)cc1. The fourth-order valence-corrected chi connectivity index (χ4v) is 5.48. The molecule has 0 aliphatic carbocycles. The van der Waals surface area contributed by atoms with E-state index < -0.39 is 10.0 Å². The molecule has 3 rings (SSSR count). The highest BCUT2D eigenvalue weighted by atomic mass is 32.2. The fraction of sp³-hybridized carbons (Fsp3) is 0.500. The van der Waals surface area contributed by atoms with Crippen molar-refractivity contribution < 1.29 is 13.3 Å². The van der Waals surface area contributed by atoms with Gasteiger partial charge in [0, 0.05) is 24.0 Å². The maximum absolute atomic E-state index is 12.6. The molecule has 6 nitrogen and oxygen atoms in total. The van der Waals surface area contributed by atoms with Crippen LogP contribution in [0.15, 0.2) is 34.5 Å². The Morgan fingerprint density at radius 3 is 2.35 bits per heavy atom. The number of nitrogens with zero attached hydrogens (tertiary/aromatic N) is 3. The Bertz CT molecular complexity index is 821. The van der Waals surface area contributed by atoms with E-state index in [1.807, 2.05) is 26.0 Å². The molecule has 1 N–H and O–H groups in total. The van der Waals surface area contributed by atoms with Crippen LogP contribution in [0, 0.1) is 0 Å². The van der Waals surface area contributed by atoms with Gasteiger partial charge in [0.2, 0.25) is 10.0 Å². The summed E-state index contributed by atoms with van der Waals surface area (Å²) in [4.78, 5) is 8.99. The minimum atomic E-state index is -3.41. The molecule has 1 fully saturated rings. The Labute approximate surface area is 160 Å². The van der Waals surface area contributed by atoms with Crippen molar-refractivity contribution in [1.29, 1.82) is 0 Å². The zero-order chi connectivity index (χ0) is 18.7. The lowest BCUT2D eigenvalue weighted by Gasteiger charge is -2.29. The first-order valence-corrected chi connectivity index (χ1v) is 11.4. The summed E-state index contributed by atoms with van der Waals surface area (Å²) in [5.74, 6) is 0. The van der Waals surface area contributed by atoms with E-state index in [9.17, 15) is 8.42 Å². The van der Waals surface area contributed by atoms with Crippen LogP contribution < -0.4 is 9.80 Å². The maximum atomic E-state index is 12.6. The summed E-state index contributed by atoms with van der Waals surface area (Å²) in [6.07, 6.45) is 0. The predicted octanol–water partition coefficient (Wildman–Crippen LogP) is 1.18. The van der Waals surface area contributed by atoms with Gasteiger partial charge >= 0.3 is 0 Å². The minimum absolute atomic E-state index is 0.336. The highest BCUT2D eigenvalue weighted by Gasteiger charge is 2.22. The summed E-state index contributed by atoms with van der Waals surface area (Å²) >= 11 is 1.65. The van der Waals surface area contributed by atoms with Crippen LogP contribution in [0.5, 0.6) is 0 Å². The summed E-state index contributed by atoms with van der Waals surface area (Å²) in [5.41, 5.74) is 1.86. The van der Waals surface area contributed by atoms with E-state index in [0.717, 1.165) is 42.6 Å². The van der Waals surface area contributed by atoms with Crippen molar-refractivity contribution in [3.05, 3.63) is 29.6 Å². The quantitative estimate of drug-likeness (QED) is 0.798. The van der Waals surface area contributed by atoms with E-state index in [2.05, 4.69) is 17.3 Å². The van der Waals surface area contributed by atoms with Gasteiger partial charge in [-0.25, -0.2) is 13.4 Å². The van der Waals surface area contributed by atoms with Crippen LogP contribution in [0.25, 0.3) is 11.3 Å². The predicted molar refractivity (Wildman–Crippen MR) is 106 cm³/mol. The van der Waals surface area contributed by atoms with Gasteiger partial charge in [-0.3, -0.25) is 0 Å². The van der Waals surface area contributed by atoms with Gasteiger partial charge in [0.25, 0.3) is 0 Å². The van der Waals surface area contributed by atoms with Crippen LogP contribution in [-0.2, 0) is 10.0 Å². The molecule has 0 unspecified atom stereocenters. The van der Waals surface area contributed by atoms with Crippen LogP contribution in [0.3, 0.4) is 0 Å². The molecular formula is C18H27N4O2S2+. The minimum Gasteiger partial charge on any atom is -0.337 e. The van der Waals surface area contributed by atoms with Gasteiger partial charge in [-0.05, 0) is 12.1 Å². The van der Waals surface area contributed by atoms with Crippen LogP contribution in [-0.4, -0.2) is 64.0 Å². The second-order valence-corrected chi connectivity index (χ2v) is 9.35. The van der Waals surface area contributed by atoms with E-state index in [4.69, 9.17) is 4.98 Å². The fourth-order valence-electron chi connectivity index (χ4n) is 3.13. The molecule has 8 heteroatoms. The average Bonchev–Trinajstić information content (AvgIpc) is 3.13. The molecule has 26 heavy (non-hydrogen) atoms. The molecular weight excluding hydrogens is 368 g/mol. The number of thiazole rings is 1. The van der Waals surface area contributed by atoms with Crippen molar-refractivity contribution in [2.75, 3.05) is 51.2 Å². The lowest BCUT2D eigenvalue weighted by Crippen LogP contribution is -3.12. The molecule has 0 saturated carbocycles. The van der Waals surface area contributed by atoms with Crippen LogP contribution in [0.1, 0.15) is 13.8 Å². The third kappa shape index (κ3) is 3.93. The summed E-state index contributed by atoms with van der Waals surface area (Å²) in [6.45, 7) is 8.98. The van der Waals surface area contributed by atoms with E-state index in [-0.39, 0.29) is 0 Å². The number of hydrogen-bond acceptors (Lipinski definition) is 5. The second kappa shape index (κ2) is 8.04. The van der Waals surface area contributed by atoms with Crippen LogP contribution >= 0.6 is 11.3 Å². The van der Waals surface area contributed by atoms with Crippen molar-refractivity contribution in [2.45, 2.75) is 18.7 Å². The monoisotopic (exact) mass is 395 g/mol. The van der Waals surface area contributed by atoms with Gasteiger partial charge in [0.05, 0.1) is 43.8 Å². The van der Waals surface area contributed by atoms with Gasteiger partial charge < -0.3 is 9.80 Å². The number of rotatable bonds is 6. The number of hydrogen-bond donors (Lipinski definition) is 1. The maximum Gasteiger partial charge on any atom is 0.243 e. The molecule has 0 bridgehead atoms. The molecule has 2 heterocycles. The first-order chi connectivity index (χ1) is 12.5. The van der Waals surface area contributed by atoms with E-state index in [0.29, 0.717) is 18.0 Å². The number of piperazine rings is 1. The molecule has 1 aliphatic heterocycles. The van der Waals surface area contributed by atoms with Gasteiger partial charge in [0.15, 0.2) is 5.13 Å². The number of quaternary nitrogens is 1. The number of sulfonamides is 1. The zero-order valence-corrected chi connectivity index (χ0v) is 17.2. The third-order valence-electron chi connectivity index (χ3n) is 4.87. The smallest absolute Gasteiger partial charge is 0.243 e. The highest BCUT2D eigenvalue weighted by molar-refractivity contribution is 7.89. The van der Waals surface area contributed by atoms with Gasteiger partial charge in [-0.2, -0.15) is 4.31 Å². The molecule has 1 aromatic heterocycles. The van der Waals surface area contributed by atoms with Crippen molar-refractivity contribution >= 4 is 26.5 Å². The number of aromatic nitrogens is 1. The molecule has 1 aromatic carbocycles. The zero-order valence-electron chi connectivity index (χ0n) is 15.6. The van der Waals surface area contributed by atoms with E-state index in [1.165, 1.54) is 4.31 Å². The van der Waals surface area contributed by atoms with Crippen molar-refractivity contribution in [1.82, 2.24) is 9.29 Å². The van der Waals surface area contributed by atoms with Crippen molar-refractivity contribution in [3.8, 4) is 11.3 Å². The van der Waals surface area contributed by atoms with Gasteiger partial charge in [-0.15, -0.1) is 11.3 Å². The first kappa shape index (κ1) is 19.3. The van der Waals surface area contributed by atoms with Crippen LogP contribution in [0.4, 0.5) is 5.13 Å². The third-order valence-corrected chi connectivity index (χ3v) is 7.84. The number of likely N-dealkylation sites (N-methyl/N-ethyl adjacent to an activating group) is 1. The Balaban J connectivity index is 1.77. The van der Waals surface area contributed by atoms with Crippen molar-refractivity contribution in [2.24, 2.45) is 0 Å². The largest absolute Gasteiger partial charge is 0.337 e. The molecule has 0 amide bonds. The van der Waals surface area contributed by atoms with Crippen LogP contribution in [0.2, 0.25) is 0 Å². The van der Waals surface area contributed by atoms with Crippen molar-refractivity contribution in [3.63, 3.8) is 0 Å². The molecule has 0 spiro atoms. The Morgan fingerprint density at radius 2 is 1.77 bits per heavy atom. The van der Waals surface area contributed by atoms with Gasteiger partial charge in [0.1, 0.15) is 0 Å². The molecule has 1 aliphatic rings. The number of nitrogens with one attached hydrogen (secondary N) is 1. The molecule has 0 radical (unpaired) electrons. The normalized spacial score (nSPS) is 16.4. The standard InChI is InChI=1S/C18H26N4O2S2/c1-4-22(5-2)26(23,24)16-8-6-15(7-9-16)17-14-25-18(19-17)21-12-10-20(3)11-13-21/h6-9,14H,4-5,10-13H2,1-3H3/p+1. The molecule has 0 atom stereocenters. The first-order valence-electron chi connectivity index (χ1n) is 9.08. The summed E-state index contributed by atoms with van der Waals surface area (Å²) in [7, 11) is -1.19. The van der Waals surface area contributed by atoms with E-state index in [1.54, 1.807) is 28.4 Å². The molecule has 1 saturated heterocycles. The summed E-state index contributed by atoms with van der Waals surface area (Å²) < 4.78 is 26.6.